The van der Waals surface area contributed by atoms with Crippen molar-refractivity contribution in [3.8, 4) is 0 Å². The lowest BCUT2D eigenvalue weighted by molar-refractivity contribution is -0.188. The molecule has 0 heterocycles. The highest BCUT2D eigenvalue weighted by Gasteiger charge is 2.72. The monoisotopic (exact) mass is 495 g/mol. The van der Waals surface area contributed by atoms with Gasteiger partial charge in [0.1, 0.15) is 11.3 Å². The van der Waals surface area contributed by atoms with Crippen molar-refractivity contribution in [2.45, 2.75) is 127 Å². The van der Waals surface area contributed by atoms with E-state index in [0.29, 0.717) is 32.1 Å². The van der Waals surface area contributed by atoms with Crippen LogP contribution in [0.2, 0.25) is 0 Å². The van der Waals surface area contributed by atoms with E-state index in [2.05, 4.69) is 5.18 Å². The fourth-order valence-corrected chi connectivity index (χ4v) is 9.19. The van der Waals surface area contributed by atoms with Gasteiger partial charge < -0.3 is 25.5 Å². The minimum atomic E-state index is -1.48. The molecule has 0 aromatic rings. The van der Waals surface area contributed by atoms with E-state index >= 15 is 0 Å². The number of rotatable bonds is 6. The van der Waals surface area contributed by atoms with Crippen LogP contribution >= 0.6 is 0 Å². The number of nitroso groups, excluding NO2 is 1. The first-order chi connectivity index (χ1) is 16.0. The van der Waals surface area contributed by atoms with Crippen molar-refractivity contribution in [1.82, 2.24) is 0 Å². The number of Topliss-reactive ketones (excluding diaryl/α,β-unsaturated/α-hetero) is 1. The Hall–Kier alpha value is -0.930. The van der Waals surface area contributed by atoms with E-state index < -0.39 is 45.9 Å². The second-order valence-electron chi connectivity index (χ2n) is 13.7. The molecule has 4 rings (SSSR count). The summed E-state index contributed by atoms with van der Waals surface area (Å²) >= 11 is 0. The van der Waals surface area contributed by atoms with Gasteiger partial charge in [0.05, 0.1) is 29.5 Å². The molecule has 8 heteroatoms. The summed E-state index contributed by atoms with van der Waals surface area (Å²) in [4.78, 5) is 26.2. The van der Waals surface area contributed by atoms with Crippen LogP contribution in [-0.2, 0) is 4.79 Å². The van der Waals surface area contributed by atoms with Crippen molar-refractivity contribution in [3.05, 3.63) is 4.91 Å². The van der Waals surface area contributed by atoms with Crippen LogP contribution in [-0.4, -0.2) is 66.4 Å². The van der Waals surface area contributed by atoms with Gasteiger partial charge >= 0.3 is 0 Å². The van der Waals surface area contributed by atoms with Crippen LogP contribution in [0.25, 0.3) is 0 Å². The normalized spacial score (nSPS) is 48.3. The fourth-order valence-electron chi connectivity index (χ4n) is 9.19. The van der Waals surface area contributed by atoms with E-state index in [1.165, 1.54) is 0 Å². The Bertz CT molecular complexity index is 855. The number of aliphatic hydroxyl groups excluding tert-OH is 3. The minimum Gasteiger partial charge on any atom is -0.390 e. The zero-order valence-corrected chi connectivity index (χ0v) is 21.9. The highest BCUT2D eigenvalue weighted by Crippen LogP contribution is 2.71. The summed E-state index contributed by atoms with van der Waals surface area (Å²) < 4.78 is 0. The molecular weight excluding hydrogens is 450 g/mol. The lowest BCUT2D eigenvalue weighted by Gasteiger charge is -2.63. The Balaban J connectivity index is 1.67. The maximum absolute atomic E-state index is 13.4. The molecule has 0 aromatic heterocycles. The molecule has 2 unspecified atom stereocenters. The summed E-state index contributed by atoms with van der Waals surface area (Å²) in [5.41, 5.74) is -4.67. The summed E-state index contributed by atoms with van der Waals surface area (Å²) in [6.45, 7) is 9.00. The quantitative estimate of drug-likeness (QED) is 0.356. The van der Waals surface area contributed by atoms with Gasteiger partial charge in [-0.2, -0.15) is 4.91 Å². The molecule has 0 radical (unpaired) electrons. The average molecular weight is 496 g/mol. The second kappa shape index (κ2) is 8.55. The Morgan fingerprint density at radius 2 is 1.71 bits per heavy atom. The SMILES string of the molecule is CC(C)(O)CC[C@@H](O)[C@](C)(O)C1CCC2(N=O)[C@H]3CC(=O)[C@@H]4C[C@@H](O)[C@@H](O)C[C@]4(C)[C@H]3CC[C@]12C. The molecule has 8 nitrogen and oxygen atoms in total. The van der Waals surface area contributed by atoms with Crippen LogP contribution in [0.4, 0.5) is 0 Å². The molecule has 0 aromatic carbocycles. The first kappa shape index (κ1) is 27.1. The topological polar surface area (TPSA) is 148 Å². The standard InChI is InChI=1S/C27H45NO7/c1-23(2,33)9-8-22(32)26(5,34)21-7-11-27(28-35)16-12-18(29)17-13-19(30)20(31)14-24(17,3)15(16)6-10-25(21,27)4/h15-17,19-22,30-34H,6-14H2,1-5H3/t15-,16-,17-,19+,20-,21?,22+,24+,25+,26+,27?/m0/s1. The number of nitrogens with zero attached hydrogens (tertiary/aromatic N) is 1. The van der Waals surface area contributed by atoms with Gasteiger partial charge in [0.2, 0.25) is 0 Å². The number of hydrogen-bond acceptors (Lipinski definition) is 8. The first-order valence-electron chi connectivity index (χ1n) is 13.4. The number of aliphatic hydroxyl groups is 5. The van der Waals surface area contributed by atoms with Crippen molar-refractivity contribution in [2.75, 3.05) is 0 Å². The molecule has 200 valence electrons. The van der Waals surface area contributed by atoms with Gasteiger partial charge in [-0.05, 0) is 95.3 Å². The molecule has 0 saturated heterocycles. The summed E-state index contributed by atoms with van der Waals surface area (Å²) in [6.07, 6.45) is 0.856. The van der Waals surface area contributed by atoms with Gasteiger partial charge in [0, 0.05) is 17.8 Å². The van der Waals surface area contributed by atoms with Crippen LogP contribution in [0.5, 0.6) is 0 Å². The van der Waals surface area contributed by atoms with Gasteiger partial charge in [0.25, 0.3) is 0 Å². The summed E-state index contributed by atoms with van der Waals surface area (Å²) in [7, 11) is 0. The molecule has 35 heavy (non-hydrogen) atoms. The highest BCUT2D eigenvalue weighted by atomic mass is 16.3. The summed E-state index contributed by atoms with van der Waals surface area (Å²) in [5.74, 6) is -0.956. The smallest absolute Gasteiger partial charge is 0.137 e. The van der Waals surface area contributed by atoms with Gasteiger partial charge in [-0.1, -0.05) is 19.0 Å². The van der Waals surface area contributed by atoms with Gasteiger partial charge in [0.15, 0.2) is 0 Å². The van der Waals surface area contributed by atoms with E-state index in [9.17, 15) is 35.2 Å². The predicted octanol–water partition coefficient (Wildman–Crippen LogP) is 2.71. The summed E-state index contributed by atoms with van der Waals surface area (Å²) in [5, 5.41) is 57.3. The van der Waals surface area contributed by atoms with E-state index in [1.807, 2.05) is 13.8 Å². The number of hydrogen-bond donors (Lipinski definition) is 5. The van der Waals surface area contributed by atoms with Crippen molar-refractivity contribution in [3.63, 3.8) is 0 Å². The van der Waals surface area contributed by atoms with Crippen molar-refractivity contribution >= 4 is 5.78 Å². The molecule has 0 amide bonds. The van der Waals surface area contributed by atoms with Gasteiger partial charge in [-0.15, -0.1) is 0 Å². The number of ketones is 1. The molecule has 0 bridgehead atoms. The molecule has 11 atom stereocenters. The molecule has 4 fully saturated rings. The first-order valence-corrected chi connectivity index (χ1v) is 13.4. The molecule has 4 aliphatic carbocycles. The fraction of sp³-hybridized carbons (Fsp3) is 0.963. The lowest BCUT2D eigenvalue weighted by Crippen LogP contribution is -2.66. The third-order valence-electron chi connectivity index (χ3n) is 11.2. The van der Waals surface area contributed by atoms with E-state index in [-0.39, 0.29) is 48.7 Å². The van der Waals surface area contributed by atoms with Crippen LogP contribution in [0.1, 0.15) is 92.4 Å². The zero-order chi connectivity index (χ0) is 26.2. The highest BCUT2D eigenvalue weighted by molar-refractivity contribution is 5.83. The Kier molecular flexibility index (Phi) is 6.62. The Morgan fingerprint density at radius 1 is 1.06 bits per heavy atom. The van der Waals surface area contributed by atoms with Crippen LogP contribution < -0.4 is 0 Å². The molecule has 5 N–H and O–H groups in total. The maximum Gasteiger partial charge on any atom is 0.137 e. The van der Waals surface area contributed by atoms with Crippen molar-refractivity contribution in [2.24, 2.45) is 39.7 Å². The molecule has 0 aliphatic heterocycles. The molecule has 4 aliphatic rings. The predicted molar refractivity (Wildman–Crippen MR) is 130 cm³/mol. The molecule has 4 saturated carbocycles. The van der Waals surface area contributed by atoms with E-state index in [4.69, 9.17) is 0 Å². The maximum atomic E-state index is 13.4. The average Bonchev–Trinajstić information content (AvgIpc) is 3.07. The van der Waals surface area contributed by atoms with E-state index in [0.717, 1.165) is 6.42 Å². The Labute approximate surface area is 208 Å². The number of carbonyl (C=O) groups excluding carboxylic acids is 1. The number of carbonyl (C=O) groups is 1. The summed E-state index contributed by atoms with van der Waals surface area (Å²) in [6, 6.07) is 0. The molecule has 0 spiro atoms. The third kappa shape index (κ3) is 3.94. The van der Waals surface area contributed by atoms with Crippen LogP contribution in [0.15, 0.2) is 5.18 Å². The zero-order valence-electron chi connectivity index (χ0n) is 21.9. The Morgan fingerprint density at radius 3 is 2.31 bits per heavy atom. The van der Waals surface area contributed by atoms with Gasteiger partial charge in [-0.25, -0.2) is 0 Å². The third-order valence-corrected chi connectivity index (χ3v) is 11.2. The van der Waals surface area contributed by atoms with Crippen LogP contribution in [0, 0.1) is 39.4 Å². The molecular formula is C27H45NO7. The lowest BCUT2D eigenvalue weighted by atomic mass is 9.41. The van der Waals surface area contributed by atoms with E-state index in [1.54, 1.807) is 20.8 Å². The minimum absolute atomic E-state index is 0.0157. The largest absolute Gasteiger partial charge is 0.390 e. The van der Waals surface area contributed by atoms with Gasteiger partial charge in [-0.3, -0.25) is 4.79 Å². The van der Waals surface area contributed by atoms with Crippen molar-refractivity contribution < 1.29 is 30.3 Å². The van der Waals surface area contributed by atoms with Crippen LogP contribution in [0.3, 0.4) is 0 Å². The van der Waals surface area contributed by atoms with Crippen molar-refractivity contribution in [1.29, 1.82) is 0 Å². The second-order valence-corrected chi connectivity index (χ2v) is 13.7. The number of fused-ring (bicyclic) bond motifs is 5.